The lowest BCUT2D eigenvalue weighted by Crippen LogP contribution is -2.15. The van der Waals surface area contributed by atoms with E-state index in [1.54, 1.807) is 0 Å². The van der Waals surface area contributed by atoms with Crippen molar-refractivity contribution in [2.75, 3.05) is 6.54 Å². The highest BCUT2D eigenvalue weighted by Gasteiger charge is 2.04. The second-order valence-corrected chi connectivity index (χ2v) is 4.26. The molecule has 0 unspecified atom stereocenters. The first-order chi connectivity index (χ1) is 6.26. The van der Waals surface area contributed by atoms with Crippen LogP contribution in [0, 0.1) is 5.92 Å². The van der Waals surface area contributed by atoms with Crippen LogP contribution in [0.1, 0.15) is 18.9 Å². The van der Waals surface area contributed by atoms with Crippen LogP contribution in [0.3, 0.4) is 0 Å². The van der Waals surface area contributed by atoms with Crippen LogP contribution in [0.5, 0.6) is 0 Å². The smallest absolute Gasteiger partial charge is 0.0177 e. The summed E-state index contributed by atoms with van der Waals surface area (Å²) in [6.45, 7) is 2.97. The highest BCUT2D eigenvalue weighted by atomic mass is 79.9. The molecule has 0 bridgehead atoms. The van der Waals surface area contributed by atoms with E-state index in [0.29, 0.717) is 5.92 Å². The molecule has 13 heavy (non-hydrogen) atoms. The standard InChI is InChI=1S/C11H16BrN/c1-2-9(8-13)6-10-4-3-5-11(12)7-10/h3-5,7,9H,2,6,8,13H2,1H3/t9-/m1/s1. The van der Waals surface area contributed by atoms with Gasteiger partial charge in [0.05, 0.1) is 0 Å². The number of hydrogen-bond acceptors (Lipinski definition) is 1. The highest BCUT2D eigenvalue weighted by Crippen LogP contribution is 2.16. The molecule has 0 aliphatic rings. The van der Waals surface area contributed by atoms with Crippen LogP contribution in [0.4, 0.5) is 0 Å². The minimum atomic E-state index is 0.620. The molecule has 1 aromatic carbocycles. The van der Waals surface area contributed by atoms with Crippen LogP contribution < -0.4 is 5.73 Å². The minimum Gasteiger partial charge on any atom is -0.330 e. The maximum Gasteiger partial charge on any atom is 0.0177 e. The second kappa shape index (κ2) is 5.40. The van der Waals surface area contributed by atoms with Gasteiger partial charge in [0.15, 0.2) is 0 Å². The molecule has 1 atom stereocenters. The van der Waals surface area contributed by atoms with Gasteiger partial charge in [-0.15, -0.1) is 0 Å². The normalized spacial score (nSPS) is 12.8. The molecule has 1 aromatic rings. The van der Waals surface area contributed by atoms with Gasteiger partial charge in [0.2, 0.25) is 0 Å². The molecule has 0 heterocycles. The zero-order valence-electron chi connectivity index (χ0n) is 7.96. The van der Waals surface area contributed by atoms with Crippen molar-refractivity contribution in [3.8, 4) is 0 Å². The predicted octanol–water partition coefficient (Wildman–Crippen LogP) is 2.98. The fraction of sp³-hybridized carbons (Fsp3) is 0.455. The van der Waals surface area contributed by atoms with E-state index >= 15 is 0 Å². The van der Waals surface area contributed by atoms with Crippen molar-refractivity contribution in [1.82, 2.24) is 0 Å². The molecule has 1 nitrogen and oxygen atoms in total. The Morgan fingerprint density at radius 3 is 2.77 bits per heavy atom. The number of halogens is 1. The Balaban J connectivity index is 2.62. The van der Waals surface area contributed by atoms with Gasteiger partial charge in [-0.3, -0.25) is 0 Å². The van der Waals surface area contributed by atoms with Gasteiger partial charge in [-0.25, -0.2) is 0 Å². The zero-order chi connectivity index (χ0) is 9.68. The molecule has 2 N–H and O–H groups in total. The first-order valence-corrected chi connectivity index (χ1v) is 5.50. The Morgan fingerprint density at radius 1 is 1.46 bits per heavy atom. The van der Waals surface area contributed by atoms with Crippen molar-refractivity contribution >= 4 is 15.9 Å². The minimum absolute atomic E-state index is 0.620. The summed E-state index contributed by atoms with van der Waals surface area (Å²) >= 11 is 3.46. The van der Waals surface area contributed by atoms with E-state index in [2.05, 4.69) is 41.1 Å². The largest absolute Gasteiger partial charge is 0.330 e. The monoisotopic (exact) mass is 241 g/mol. The summed E-state index contributed by atoms with van der Waals surface area (Å²) in [5.41, 5.74) is 7.02. The fourth-order valence-electron chi connectivity index (χ4n) is 1.39. The van der Waals surface area contributed by atoms with Crippen LogP contribution >= 0.6 is 15.9 Å². The van der Waals surface area contributed by atoms with Crippen LogP contribution in [0.2, 0.25) is 0 Å². The van der Waals surface area contributed by atoms with Crippen molar-refractivity contribution in [3.63, 3.8) is 0 Å². The third-order valence-corrected chi connectivity index (χ3v) is 2.82. The summed E-state index contributed by atoms with van der Waals surface area (Å²) < 4.78 is 1.15. The number of nitrogens with two attached hydrogens (primary N) is 1. The molecule has 0 radical (unpaired) electrons. The van der Waals surface area contributed by atoms with Crippen LogP contribution in [0.25, 0.3) is 0 Å². The maximum atomic E-state index is 5.66. The van der Waals surface area contributed by atoms with Gasteiger partial charge in [-0.05, 0) is 36.6 Å². The van der Waals surface area contributed by atoms with Gasteiger partial charge in [0, 0.05) is 4.47 Å². The van der Waals surface area contributed by atoms with Gasteiger partial charge in [0.25, 0.3) is 0 Å². The molecule has 0 spiro atoms. The van der Waals surface area contributed by atoms with E-state index in [9.17, 15) is 0 Å². The first-order valence-electron chi connectivity index (χ1n) is 4.70. The van der Waals surface area contributed by atoms with Crippen molar-refractivity contribution in [2.45, 2.75) is 19.8 Å². The second-order valence-electron chi connectivity index (χ2n) is 3.34. The van der Waals surface area contributed by atoms with Gasteiger partial charge in [0.1, 0.15) is 0 Å². The molecule has 0 fully saturated rings. The lowest BCUT2D eigenvalue weighted by molar-refractivity contribution is 0.519. The molecule has 0 saturated carbocycles. The molecule has 0 saturated heterocycles. The summed E-state index contributed by atoms with van der Waals surface area (Å²) in [4.78, 5) is 0. The van der Waals surface area contributed by atoms with Crippen LogP contribution in [-0.4, -0.2) is 6.54 Å². The first kappa shape index (κ1) is 10.7. The Labute approximate surface area is 88.5 Å². The fourth-order valence-corrected chi connectivity index (χ4v) is 1.84. The van der Waals surface area contributed by atoms with Gasteiger partial charge < -0.3 is 5.73 Å². The van der Waals surface area contributed by atoms with Crippen molar-refractivity contribution < 1.29 is 0 Å². The zero-order valence-corrected chi connectivity index (χ0v) is 9.55. The molecule has 0 aliphatic carbocycles. The van der Waals surface area contributed by atoms with E-state index in [1.165, 1.54) is 5.56 Å². The molecule has 2 heteroatoms. The van der Waals surface area contributed by atoms with E-state index in [4.69, 9.17) is 5.73 Å². The number of benzene rings is 1. The molecule has 0 aliphatic heterocycles. The molecule has 0 aromatic heterocycles. The molecule has 1 rings (SSSR count). The average Bonchev–Trinajstić information content (AvgIpc) is 2.14. The van der Waals surface area contributed by atoms with E-state index in [0.717, 1.165) is 23.9 Å². The Hall–Kier alpha value is -0.340. The lowest BCUT2D eigenvalue weighted by atomic mass is 9.97. The average molecular weight is 242 g/mol. The van der Waals surface area contributed by atoms with Gasteiger partial charge >= 0.3 is 0 Å². The molecular formula is C11H16BrN. The Morgan fingerprint density at radius 2 is 2.23 bits per heavy atom. The van der Waals surface area contributed by atoms with Crippen molar-refractivity contribution in [1.29, 1.82) is 0 Å². The third-order valence-electron chi connectivity index (χ3n) is 2.32. The molecule has 0 amide bonds. The topological polar surface area (TPSA) is 26.0 Å². The number of hydrogen-bond donors (Lipinski definition) is 1. The predicted molar refractivity (Wildman–Crippen MR) is 60.7 cm³/mol. The summed E-state index contributed by atoms with van der Waals surface area (Å²) in [7, 11) is 0. The lowest BCUT2D eigenvalue weighted by Gasteiger charge is -2.11. The van der Waals surface area contributed by atoms with Crippen LogP contribution in [0.15, 0.2) is 28.7 Å². The summed E-state index contributed by atoms with van der Waals surface area (Å²) in [5, 5.41) is 0. The summed E-state index contributed by atoms with van der Waals surface area (Å²) in [5.74, 6) is 0.620. The summed E-state index contributed by atoms with van der Waals surface area (Å²) in [6.07, 6.45) is 2.25. The van der Waals surface area contributed by atoms with Crippen molar-refractivity contribution in [2.24, 2.45) is 11.7 Å². The summed E-state index contributed by atoms with van der Waals surface area (Å²) in [6, 6.07) is 8.44. The van der Waals surface area contributed by atoms with E-state index in [-0.39, 0.29) is 0 Å². The van der Waals surface area contributed by atoms with Crippen LogP contribution in [-0.2, 0) is 6.42 Å². The molecule has 72 valence electrons. The van der Waals surface area contributed by atoms with Crippen molar-refractivity contribution in [3.05, 3.63) is 34.3 Å². The maximum absolute atomic E-state index is 5.66. The van der Waals surface area contributed by atoms with Gasteiger partial charge in [-0.2, -0.15) is 0 Å². The van der Waals surface area contributed by atoms with E-state index < -0.39 is 0 Å². The molecular weight excluding hydrogens is 226 g/mol. The quantitative estimate of drug-likeness (QED) is 0.862. The SMILES string of the molecule is CC[C@@H](CN)Cc1cccc(Br)c1. The van der Waals surface area contributed by atoms with Gasteiger partial charge in [-0.1, -0.05) is 41.4 Å². The number of rotatable bonds is 4. The third kappa shape index (κ3) is 3.49. The Kier molecular flexibility index (Phi) is 4.46. The Bertz CT molecular complexity index is 256. The van der Waals surface area contributed by atoms with E-state index in [1.807, 2.05) is 6.07 Å². The highest BCUT2D eigenvalue weighted by molar-refractivity contribution is 9.10.